The minimum absolute atomic E-state index is 0.00831. The third-order valence-electron chi connectivity index (χ3n) is 3.28. The van der Waals surface area contributed by atoms with Gasteiger partial charge in [-0.15, -0.1) is 0 Å². The molecular weight excluding hydrogens is 263 g/mol. The monoisotopic (exact) mass is 280 g/mol. The van der Waals surface area contributed by atoms with Gasteiger partial charge in [0.15, 0.2) is 0 Å². The number of hydrogen-bond donors (Lipinski definition) is 2. The molecule has 0 aliphatic carbocycles. The van der Waals surface area contributed by atoms with Crippen LogP contribution >= 0.6 is 0 Å². The van der Waals surface area contributed by atoms with Crippen molar-refractivity contribution in [1.82, 2.24) is 10.2 Å². The highest BCUT2D eigenvalue weighted by Gasteiger charge is 2.18. The molecular formula is C14H17FN2O3. The maximum Gasteiger partial charge on any atom is 0.254 e. The summed E-state index contributed by atoms with van der Waals surface area (Å²) in [6.07, 6.45) is 2.26. The van der Waals surface area contributed by atoms with Crippen molar-refractivity contribution >= 4 is 11.8 Å². The van der Waals surface area contributed by atoms with Gasteiger partial charge in [0.1, 0.15) is 11.6 Å². The highest BCUT2D eigenvalue weighted by Crippen LogP contribution is 2.14. The van der Waals surface area contributed by atoms with E-state index in [0.29, 0.717) is 0 Å². The zero-order chi connectivity index (χ0) is 14.5. The lowest BCUT2D eigenvalue weighted by molar-refractivity contribution is -0.129. The Morgan fingerprint density at radius 1 is 1.30 bits per heavy atom. The van der Waals surface area contributed by atoms with E-state index in [1.54, 1.807) is 4.90 Å². The molecule has 0 atom stereocenters. The maximum atomic E-state index is 13.4. The van der Waals surface area contributed by atoms with Gasteiger partial charge in [0.25, 0.3) is 5.91 Å². The van der Waals surface area contributed by atoms with Gasteiger partial charge in [0, 0.05) is 32.1 Å². The molecule has 1 heterocycles. The third-order valence-corrected chi connectivity index (χ3v) is 3.28. The number of carbonyl (C=O) groups is 2. The van der Waals surface area contributed by atoms with E-state index < -0.39 is 11.7 Å². The second kappa shape index (κ2) is 6.36. The molecule has 1 saturated heterocycles. The maximum absolute atomic E-state index is 13.4. The van der Waals surface area contributed by atoms with Crippen LogP contribution in [0.2, 0.25) is 0 Å². The lowest BCUT2D eigenvalue weighted by atomic mass is 10.2. The number of phenolic OH excluding ortho intramolecular Hbond substituents is 1. The van der Waals surface area contributed by atoms with Gasteiger partial charge in [-0.2, -0.15) is 0 Å². The average Bonchev–Trinajstić information content (AvgIpc) is 2.92. The van der Waals surface area contributed by atoms with Crippen molar-refractivity contribution in [3.8, 4) is 5.75 Å². The highest BCUT2D eigenvalue weighted by atomic mass is 19.1. The molecule has 1 aliphatic rings. The lowest BCUT2D eigenvalue weighted by Crippen LogP contribution is -2.32. The molecule has 0 bridgehead atoms. The number of aromatic hydroxyl groups is 1. The van der Waals surface area contributed by atoms with E-state index in [-0.39, 0.29) is 30.2 Å². The normalized spacial score (nSPS) is 14.3. The summed E-state index contributed by atoms with van der Waals surface area (Å²) >= 11 is 0. The molecule has 0 unspecified atom stereocenters. The zero-order valence-electron chi connectivity index (χ0n) is 11.1. The molecule has 6 heteroatoms. The number of amides is 2. The Morgan fingerprint density at radius 3 is 2.65 bits per heavy atom. The number of hydrogen-bond acceptors (Lipinski definition) is 3. The first-order valence-corrected chi connectivity index (χ1v) is 6.62. The fourth-order valence-electron chi connectivity index (χ4n) is 2.19. The number of carbonyl (C=O) groups excluding carboxylic acids is 2. The van der Waals surface area contributed by atoms with Crippen LogP contribution in [0.25, 0.3) is 0 Å². The Hall–Kier alpha value is -2.11. The molecule has 1 aromatic carbocycles. The summed E-state index contributed by atoms with van der Waals surface area (Å²) in [4.78, 5) is 25.2. The van der Waals surface area contributed by atoms with Crippen LogP contribution in [0.3, 0.4) is 0 Å². The topological polar surface area (TPSA) is 69.6 Å². The number of benzene rings is 1. The highest BCUT2D eigenvalue weighted by molar-refractivity contribution is 5.94. The molecule has 1 fully saturated rings. The molecule has 5 nitrogen and oxygen atoms in total. The molecule has 20 heavy (non-hydrogen) atoms. The Bertz CT molecular complexity index is 513. The number of phenols is 1. The molecule has 0 spiro atoms. The summed E-state index contributed by atoms with van der Waals surface area (Å²) in [5.41, 5.74) is -0.142. The zero-order valence-corrected chi connectivity index (χ0v) is 11.1. The lowest BCUT2D eigenvalue weighted by Gasteiger charge is -2.15. The molecule has 0 saturated carbocycles. The van der Waals surface area contributed by atoms with Crippen molar-refractivity contribution in [2.45, 2.75) is 19.3 Å². The number of nitrogens with one attached hydrogen (secondary N) is 1. The van der Waals surface area contributed by atoms with Gasteiger partial charge in [-0.3, -0.25) is 9.59 Å². The van der Waals surface area contributed by atoms with Crippen LogP contribution in [0, 0.1) is 5.82 Å². The smallest absolute Gasteiger partial charge is 0.254 e. The second-order valence-corrected chi connectivity index (χ2v) is 4.76. The Kier molecular flexibility index (Phi) is 4.55. The second-order valence-electron chi connectivity index (χ2n) is 4.76. The summed E-state index contributed by atoms with van der Waals surface area (Å²) in [6.45, 7) is 1.73. The van der Waals surface area contributed by atoms with Crippen molar-refractivity contribution in [2.75, 3.05) is 19.6 Å². The molecule has 1 aliphatic heterocycles. The first kappa shape index (κ1) is 14.3. The molecule has 2 amide bonds. The first-order valence-electron chi connectivity index (χ1n) is 6.62. The summed E-state index contributed by atoms with van der Waals surface area (Å²) in [6, 6.07) is 3.33. The fourth-order valence-corrected chi connectivity index (χ4v) is 2.19. The Morgan fingerprint density at radius 2 is 2.00 bits per heavy atom. The molecule has 108 valence electrons. The molecule has 1 aromatic rings. The van der Waals surface area contributed by atoms with Crippen LogP contribution < -0.4 is 5.32 Å². The molecule has 0 radical (unpaired) electrons. The predicted octanol–water partition coefficient (Wildman–Crippen LogP) is 1.27. The van der Waals surface area contributed by atoms with E-state index in [1.807, 2.05) is 0 Å². The predicted molar refractivity (Wildman–Crippen MR) is 70.8 cm³/mol. The van der Waals surface area contributed by atoms with Gasteiger partial charge in [-0.05, 0) is 25.0 Å². The van der Waals surface area contributed by atoms with Gasteiger partial charge in [-0.1, -0.05) is 0 Å². The minimum atomic E-state index is -0.784. The number of likely N-dealkylation sites (tertiary alicyclic amines) is 1. The van der Waals surface area contributed by atoms with Gasteiger partial charge in [0.05, 0.1) is 5.56 Å². The van der Waals surface area contributed by atoms with Crippen molar-refractivity contribution in [2.24, 2.45) is 0 Å². The SMILES string of the molecule is O=C(NCCC(=O)N1CCCC1)c1ccc(O)cc1F. The van der Waals surface area contributed by atoms with E-state index in [2.05, 4.69) is 5.32 Å². The van der Waals surface area contributed by atoms with Crippen LogP contribution in [-0.2, 0) is 4.79 Å². The van der Waals surface area contributed by atoms with Crippen LogP contribution in [0.15, 0.2) is 18.2 Å². The van der Waals surface area contributed by atoms with E-state index in [0.717, 1.165) is 32.0 Å². The Labute approximate surface area is 116 Å². The third kappa shape index (κ3) is 3.46. The van der Waals surface area contributed by atoms with Gasteiger partial charge < -0.3 is 15.3 Å². The van der Waals surface area contributed by atoms with Gasteiger partial charge in [-0.25, -0.2) is 4.39 Å². The van der Waals surface area contributed by atoms with E-state index in [1.165, 1.54) is 12.1 Å². The van der Waals surface area contributed by atoms with Crippen molar-refractivity contribution < 1.29 is 19.1 Å². The number of nitrogens with zero attached hydrogens (tertiary/aromatic N) is 1. The van der Waals surface area contributed by atoms with Gasteiger partial charge >= 0.3 is 0 Å². The first-order chi connectivity index (χ1) is 9.58. The quantitative estimate of drug-likeness (QED) is 0.872. The molecule has 2 rings (SSSR count). The van der Waals surface area contributed by atoms with E-state index in [4.69, 9.17) is 5.11 Å². The van der Waals surface area contributed by atoms with Crippen molar-refractivity contribution in [1.29, 1.82) is 0 Å². The molecule has 2 N–H and O–H groups in total. The van der Waals surface area contributed by atoms with Crippen LogP contribution in [0.1, 0.15) is 29.6 Å². The van der Waals surface area contributed by atoms with E-state index >= 15 is 0 Å². The van der Waals surface area contributed by atoms with E-state index in [9.17, 15) is 14.0 Å². The van der Waals surface area contributed by atoms with Crippen molar-refractivity contribution in [3.63, 3.8) is 0 Å². The van der Waals surface area contributed by atoms with Crippen LogP contribution in [-0.4, -0.2) is 41.5 Å². The summed E-state index contributed by atoms with van der Waals surface area (Å²) in [5, 5.41) is 11.6. The van der Waals surface area contributed by atoms with Crippen molar-refractivity contribution in [3.05, 3.63) is 29.6 Å². The largest absolute Gasteiger partial charge is 0.508 e. The van der Waals surface area contributed by atoms with Crippen LogP contribution in [0.5, 0.6) is 5.75 Å². The summed E-state index contributed by atoms with van der Waals surface area (Å²) in [5.74, 6) is -1.60. The summed E-state index contributed by atoms with van der Waals surface area (Å²) in [7, 11) is 0. The number of rotatable bonds is 4. The van der Waals surface area contributed by atoms with Gasteiger partial charge in [0.2, 0.25) is 5.91 Å². The number of halogens is 1. The average molecular weight is 280 g/mol. The standard InChI is InChI=1S/C14H17FN2O3/c15-12-9-10(18)3-4-11(12)14(20)16-6-5-13(19)17-7-1-2-8-17/h3-4,9,18H,1-2,5-8H2,(H,16,20). The fraction of sp³-hybridized carbons (Fsp3) is 0.429. The molecule has 0 aromatic heterocycles. The minimum Gasteiger partial charge on any atom is -0.508 e. The van der Waals surface area contributed by atoms with Crippen LogP contribution in [0.4, 0.5) is 4.39 Å². The summed E-state index contributed by atoms with van der Waals surface area (Å²) < 4.78 is 13.4. The Balaban J connectivity index is 1.81.